The molecule has 0 radical (unpaired) electrons. The van der Waals surface area contributed by atoms with E-state index in [1.165, 1.54) is 0 Å². The molecule has 1 aliphatic rings. The fraction of sp³-hybridized carbons (Fsp3) is 0.462. The molecule has 92 valence electrons. The predicted molar refractivity (Wildman–Crippen MR) is 65.4 cm³/mol. The van der Waals surface area contributed by atoms with Crippen molar-refractivity contribution in [1.29, 1.82) is 0 Å². The first-order chi connectivity index (χ1) is 8.03. The van der Waals surface area contributed by atoms with Crippen LogP contribution in [-0.2, 0) is 14.9 Å². The second-order valence-electron chi connectivity index (χ2n) is 4.72. The van der Waals surface area contributed by atoms with Gasteiger partial charge in [0.25, 0.3) is 0 Å². The number of carboxylic acids is 1. The summed E-state index contributed by atoms with van der Waals surface area (Å²) in [6.45, 7) is 2.91. The summed E-state index contributed by atoms with van der Waals surface area (Å²) in [5, 5.41) is 9.68. The Morgan fingerprint density at radius 3 is 2.47 bits per heavy atom. The number of benzene rings is 1. The van der Waals surface area contributed by atoms with Gasteiger partial charge in [-0.1, -0.05) is 30.7 Å². The Morgan fingerprint density at radius 2 is 2.06 bits per heavy atom. The Hall–Kier alpha value is -1.06. The number of rotatable bonds is 4. The molecule has 2 rings (SSSR count). The summed E-state index contributed by atoms with van der Waals surface area (Å²) in [6, 6.07) is 7.59. The van der Waals surface area contributed by atoms with Crippen molar-refractivity contribution in [3.63, 3.8) is 0 Å². The number of halogens is 1. The second kappa shape index (κ2) is 4.67. The monoisotopic (exact) mass is 254 g/mol. The summed E-state index contributed by atoms with van der Waals surface area (Å²) >= 11 is 5.85. The summed E-state index contributed by atoms with van der Waals surface area (Å²) in [7, 11) is 0. The van der Waals surface area contributed by atoms with E-state index in [0.29, 0.717) is 24.7 Å². The number of aliphatic carboxylic acids is 1. The van der Waals surface area contributed by atoms with E-state index >= 15 is 0 Å². The largest absolute Gasteiger partial charge is 0.481 e. The molecule has 0 amide bonds. The zero-order chi connectivity index (χ0) is 12.5. The second-order valence-corrected chi connectivity index (χ2v) is 5.16. The lowest BCUT2D eigenvalue weighted by Crippen LogP contribution is -2.48. The van der Waals surface area contributed by atoms with E-state index in [0.717, 1.165) is 5.56 Å². The highest BCUT2D eigenvalue weighted by atomic mass is 35.5. The van der Waals surface area contributed by atoms with Crippen LogP contribution in [0.4, 0.5) is 0 Å². The van der Waals surface area contributed by atoms with E-state index in [1.54, 1.807) is 6.92 Å². The molecular weight excluding hydrogens is 240 g/mol. The number of carboxylic acid groups (broad SMARTS) is 1. The molecule has 0 spiro atoms. The van der Waals surface area contributed by atoms with E-state index in [-0.39, 0.29) is 11.3 Å². The Bertz CT molecular complexity index is 409. The van der Waals surface area contributed by atoms with Gasteiger partial charge in [-0.05, 0) is 24.1 Å². The third-order valence-corrected chi connectivity index (χ3v) is 3.58. The summed E-state index contributed by atoms with van der Waals surface area (Å²) in [4.78, 5) is 10.9. The molecule has 1 unspecified atom stereocenters. The van der Waals surface area contributed by atoms with Crippen LogP contribution in [0.2, 0.25) is 5.02 Å². The van der Waals surface area contributed by atoms with Crippen LogP contribution in [-0.4, -0.2) is 24.3 Å². The van der Waals surface area contributed by atoms with Crippen LogP contribution in [0.15, 0.2) is 24.3 Å². The lowest BCUT2D eigenvalue weighted by atomic mass is 9.72. The first-order valence-corrected chi connectivity index (χ1v) is 5.98. The highest BCUT2D eigenvalue weighted by Gasteiger charge is 2.42. The van der Waals surface area contributed by atoms with Crippen LogP contribution in [0.5, 0.6) is 0 Å². The van der Waals surface area contributed by atoms with Crippen molar-refractivity contribution in [3.05, 3.63) is 34.9 Å². The van der Waals surface area contributed by atoms with Crippen LogP contribution >= 0.6 is 11.6 Å². The molecule has 1 N–H and O–H groups in total. The quantitative estimate of drug-likeness (QED) is 0.899. The minimum atomic E-state index is -0.759. The van der Waals surface area contributed by atoms with Gasteiger partial charge >= 0.3 is 5.97 Å². The zero-order valence-electron chi connectivity index (χ0n) is 9.65. The molecule has 1 aromatic carbocycles. The van der Waals surface area contributed by atoms with Crippen molar-refractivity contribution in [2.45, 2.75) is 18.8 Å². The maximum atomic E-state index is 10.9. The SMILES string of the molecule is CC(CC1(c2ccc(Cl)cc2)COC1)C(=O)O. The average molecular weight is 255 g/mol. The molecular formula is C13H15ClO3. The average Bonchev–Trinajstić information content (AvgIpc) is 2.24. The van der Waals surface area contributed by atoms with Crippen LogP contribution in [0.25, 0.3) is 0 Å². The zero-order valence-corrected chi connectivity index (χ0v) is 10.4. The molecule has 0 bridgehead atoms. The lowest BCUT2D eigenvalue weighted by Gasteiger charge is -2.43. The Labute approximate surface area is 105 Å². The van der Waals surface area contributed by atoms with Crippen molar-refractivity contribution in [2.75, 3.05) is 13.2 Å². The summed E-state index contributed by atoms with van der Waals surface area (Å²) < 4.78 is 5.28. The van der Waals surface area contributed by atoms with E-state index in [1.807, 2.05) is 24.3 Å². The summed E-state index contributed by atoms with van der Waals surface area (Å²) in [5.74, 6) is -1.13. The van der Waals surface area contributed by atoms with Crippen molar-refractivity contribution in [2.24, 2.45) is 5.92 Å². The molecule has 17 heavy (non-hydrogen) atoms. The molecule has 1 saturated heterocycles. The smallest absolute Gasteiger partial charge is 0.306 e. The standard InChI is InChI=1S/C13H15ClO3/c1-9(12(15)16)6-13(7-17-8-13)10-2-4-11(14)5-3-10/h2-5,9H,6-8H2,1H3,(H,15,16). The van der Waals surface area contributed by atoms with Crippen LogP contribution in [0, 0.1) is 5.92 Å². The number of ether oxygens (including phenoxy) is 1. The van der Waals surface area contributed by atoms with Crippen LogP contribution in [0.1, 0.15) is 18.9 Å². The molecule has 1 aliphatic heterocycles. The predicted octanol–water partition coefficient (Wildman–Crippen LogP) is 2.72. The molecule has 1 fully saturated rings. The van der Waals surface area contributed by atoms with Gasteiger partial charge in [-0.2, -0.15) is 0 Å². The molecule has 4 heteroatoms. The lowest BCUT2D eigenvalue weighted by molar-refractivity contribution is -0.144. The molecule has 1 aromatic rings. The highest BCUT2D eigenvalue weighted by molar-refractivity contribution is 6.30. The van der Waals surface area contributed by atoms with Crippen molar-refractivity contribution in [3.8, 4) is 0 Å². The van der Waals surface area contributed by atoms with E-state index < -0.39 is 5.97 Å². The minimum Gasteiger partial charge on any atom is -0.481 e. The molecule has 1 atom stereocenters. The maximum Gasteiger partial charge on any atom is 0.306 e. The highest BCUT2D eigenvalue weighted by Crippen LogP contribution is 2.38. The fourth-order valence-corrected chi connectivity index (χ4v) is 2.35. The first-order valence-electron chi connectivity index (χ1n) is 5.60. The number of carbonyl (C=O) groups is 1. The summed E-state index contributed by atoms with van der Waals surface area (Å²) in [6.07, 6.45) is 0.601. The number of hydrogen-bond acceptors (Lipinski definition) is 2. The van der Waals surface area contributed by atoms with E-state index in [9.17, 15) is 4.79 Å². The number of hydrogen-bond donors (Lipinski definition) is 1. The van der Waals surface area contributed by atoms with Gasteiger partial charge in [0, 0.05) is 10.4 Å². The van der Waals surface area contributed by atoms with E-state index in [4.69, 9.17) is 21.4 Å². The van der Waals surface area contributed by atoms with Crippen molar-refractivity contribution < 1.29 is 14.6 Å². The van der Waals surface area contributed by atoms with E-state index in [2.05, 4.69) is 0 Å². The fourth-order valence-electron chi connectivity index (χ4n) is 2.23. The van der Waals surface area contributed by atoms with Gasteiger partial charge in [-0.25, -0.2) is 0 Å². The third kappa shape index (κ3) is 2.45. The van der Waals surface area contributed by atoms with Crippen LogP contribution in [0.3, 0.4) is 0 Å². The van der Waals surface area contributed by atoms with Gasteiger partial charge in [-0.3, -0.25) is 4.79 Å². The Kier molecular flexibility index (Phi) is 3.40. The molecule has 1 heterocycles. The Morgan fingerprint density at radius 1 is 1.47 bits per heavy atom. The van der Waals surface area contributed by atoms with Crippen molar-refractivity contribution >= 4 is 17.6 Å². The van der Waals surface area contributed by atoms with Crippen molar-refractivity contribution in [1.82, 2.24) is 0 Å². The Balaban J connectivity index is 2.19. The van der Waals surface area contributed by atoms with Gasteiger partial charge < -0.3 is 9.84 Å². The maximum absolute atomic E-state index is 10.9. The molecule has 3 nitrogen and oxygen atoms in total. The van der Waals surface area contributed by atoms with Gasteiger partial charge in [0.05, 0.1) is 19.1 Å². The molecule has 0 aliphatic carbocycles. The topological polar surface area (TPSA) is 46.5 Å². The molecule has 0 saturated carbocycles. The van der Waals surface area contributed by atoms with Crippen LogP contribution < -0.4 is 0 Å². The van der Waals surface area contributed by atoms with Gasteiger partial charge in [0.2, 0.25) is 0 Å². The first kappa shape index (κ1) is 12.4. The molecule has 0 aromatic heterocycles. The normalized spacial score (nSPS) is 19.4. The van der Waals surface area contributed by atoms with Gasteiger partial charge in [0.1, 0.15) is 0 Å². The summed E-state index contributed by atoms with van der Waals surface area (Å²) in [5.41, 5.74) is 0.962. The van der Waals surface area contributed by atoms with Gasteiger partial charge in [0.15, 0.2) is 0 Å². The third-order valence-electron chi connectivity index (χ3n) is 3.33. The van der Waals surface area contributed by atoms with Gasteiger partial charge in [-0.15, -0.1) is 0 Å². The minimum absolute atomic E-state index is 0.150.